The second-order valence-corrected chi connectivity index (χ2v) is 5.85. The van der Waals surface area contributed by atoms with Gasteiger partial charge in [-0.1, -0.05) is 6.07 Å². The summed E-state index contributed by atoms with van der Waals surface area (Å²) in [4.78, 5) is 42.3. The monoisotopic (exact) mass is 381 g/mol. The summed E-state index contributed by atoms with van der Waals surface area (Å²) < 4.78 is 10.5. The lowest BCUT2D eigenvalue weighted by molar-refractivity contribution is -0.131. The Bertz CT molecular complexity index is 924. The van der Waals surface area contributed by atoms with Gasteiger partial charge in [0.05, 0.1) is 25.1 Å². The molecule has 1 N–H and O–H groups in total. The molecule has 0 spiro atoms. The highest BCUT2D eigenvalue weighted by molar-refractivity contribution is 6.32. The van der Waals surface area contributed by atoms with Crippen LogP contribution in [0.2, 0.25) is 0 Å². The predicted molar refractivity (Wildman–Crippen MR) is 103 cm³/mol. The van der Waals surface area contributed by atoms with Gasteiger partial charge in [-0.25, -0.2) is 9.69 Å². The van der Waals surface area contributed by atoms with Crippen LogP contribution in [0.25, 0.3) is 0 Å². The van der Waals surface area contributed by atoms with E-state index in [-0.39, 0.29) is 0 Å². The highest BCUT2D eigenvalue weighted by Crippen LogP contribution is 2.25. The van der Waals surface area contributed by atoms with Crippen molar-refractivity contribution in [1.82, 2.24) is 5.32 Å². The Labute approximate surface area is 161 Å². The molecule has 2 aromatic carbocycles. The molecule has 8 heteroatoms. The van der Waals surface area contributed by atoms with Gasteiger partial charge in [-0.05, 0) is 43.3 Å². The number of amides is 4. The normalized spacial score (nSPS) is 17.0. The third-order valence-electron chi connectivity index (χ3n) is 4.03. The molecule has 28 heavy (non-hydrogen) atoms. The van der Waals surface area contributed by atoms with E-state index in [1.165, 1.54) is 19.4 Å². The van der Waals surface area contributed by atoms with Crippen molar-refractivity contribution in [1.29, 1.82) is 0 Å². The molecule has 144 valence electrons. The molecular formula is C20H19N3O5. The van der Waals surface area contributed by atoms with Crippen LogP contribution in [-0.4, -0.2) is 37.8 Å². The van der Waals surface area contributed by atoms with Gasteiger partial charge in [0.25, 0.3) is 5.91 Å². The van der Waals surface area contributed by atoms with Crippen LogP contribution in [0.3, 0.4) is 0 Å². The number of imide groups is 2. The summed E-state index contributed by atoms with van der Waals surface area (Å²) >= 11 is 0. The second kappa shape index (κ2) is 8.34. The van der Waals surface area contributed by atoms with Gasteiger partial charge in [-0.3, -0.25) is 19.9 Å². The lowest BCUT2D eigenvalue weighted by Crippen LogP contribution is -2.58. The molecule has 3 rings (SSSR count). The highest BCUT2D eigenvalue weighted by Gasteiger charge is 2.40. The van der Waals surface area contributed by atoms with Gasteiger partial charge in [0.1, 0.15) is 11.5 Å². The molecule has 0 aliphatic carbocycles. The smallest absolute Gasteiger partial charge is 0.335 e. The molecule has 0 bridgehead atoms. The number of urea groups is 1. The first-order valence-electron chi connectivity index (χ1n) is 8.63. The van der Waals surface area contributed by atoms with Crippen LogP contribution < -0.4 is 19.7 Å². The fraction of sp³-hybridized carbons (Fsp3) is 0.200. The molecule has 0 radical (unpaired) electrons. The van der Waals surface area contributed by atoms with E-state index in [1.54, 1.807) is 42.5 Å². The first-order valence-corrected chi connectivity index (χ1v) is 8.63. The topological polar surface area (TPSA) is 97.3 Å². The Balaban J connectivity index is 1.83. The van der Waals surface area contributed by atoms with Crippen molar-refractivity contribution in [3.05, 3.63) is 48.5 Å². The Morgan fingerprint density at radius 1 is 1.11 bits per heavy atom. The summed E-state index contributed by atoms with van der Waals surface area (Å²) in [6.45, 7) is 2.43. The average molecular weight is 381 g/mol. The summed E-state index contributed by atoms with van der Waals surface area (Å²) in [6, 6.07) is 12.5. The van der Waals surface area contributed by atoms with Crippen LogP contribution in [0.4, 0.5) is 16.2 Å². The molecule has 0 unspecified atom stereocenters. The molecule has 0 aromatic heterocycles. The molecule has 1 saturated heterocycles. The van der Waals surface area contributed by atoms with Crippen LogP contribution in [-0.2, 0) is 9.59 Å². The van der Waals surface area contributed by atoms with Crippen LogP contribution >= 0.6 is 0 Å². The van der Waals surface area contributed by atoms with Gasteiger partial charge in [0.2, 0.25) is 5.91 Å². The number of benzene rings is 2. The quantitative estimate of drug-likeness (QED) is 0.613. The van der Waals surface area contributed by atoms with E-state index in [9.17, 15) is 14.4 Å². The fourth-order valence-electron chi connectivity index (χ4n) is 2.67. The summed E-state index contributed by atoms with van der Waals surface area (Å²) in [5.74, 6) is -1.45. The Kier molecular flexibility index (Phi) is 5.69. The number of nitrogens with zero attached hydrogens (tertiary/aromatic N) is 2. The fourth-order valence-corrected chi connectivity index (χ4v) is 2.67. The van der Waals surface area contributed by atoms with Crippen LogP contribution in [0, 0.1) is 5.92 Å². The number of hydrogen-bond acceptors (Lipinski definition) is 6. The average Bonchev–Trinajstić information content (AvgIpc) is 2.69. The van der Waals surface area contributed by atoms with Gasteiger partial charge in [-0.15, -0.1) is 0 Å². The van der Waals surface area contributed by atoms with E-state index < -0.39 is 23.8 Å². The summed E-state index contributed by atoms with van der Waals surface area (Å²) in [6.07, 6.45) is 1.23. The molecule has 4 amide bonds. The van der Waals surface area contributed by atoms with E-state index in [4.69, 9.17) is 9.47 Å². The number of hydrogen-bond donors (Lipinski definition) is 1. The number of rotatable bonds is 6. The molecule has 8 nitrogen and oxygen atoms in total. The highest BCUT2D eigenvalue weighted by atomic mass is 16.5. The Morgan fingerprint density at radius 3 is 2.54 bits per heavy atom. The maximum absolute atomic E-state index is 12.8. The minimum atomic E-state index is -1.23. The van der Waals surface area contributed by atoms with Gasteiger partial charge in [0, 0.05) is 12.3 Å². The first kappa shape index (κ1) is 19.1. The van der Waals surface area contributed by atoms with Crippen molar-refractivity contribution in [2.75, 3.05) is 18.6 Å². The number of ether oxygens (including phenoxy) is 2. The van der Waals surface area contributed by atoms with Gasteiger partial charge in [-0.2, -0.15) is 0 Å². The minimum Gasteiger partial charge on any atom is -0.497 e. The minimum absolute atomic E-state index is 0.300. The zero-order valence-corrected chi connectivity index (χ0v) is 15.4. The molecule has 1 aliphatic heterocycles. The van der Waals surface area contributed by atoms with E-state index in [2.05, 4.69) is 10.3 Å². The van der Waals surface area contributed by atoms with E-state index >= 15 is 0 Å². The van der Waals surface area contributed by atoms with Crippen LogP contribution in [0.5, 0.6) is 11.5 Å². The van der Waals surface area contributed by atoms with Crippen molar-refractivity contribution in [3.63, 3.8) is 0 Å². The third-order valence-corrected chi connectivity index (χ3v) is 4.03. The number of aliphatic imine (C=N–C) groups is 1. The van der Waals surface area contributed by atoms with Crippen molar-refractivity contribution in [2.45, 2.75) is 6.92 Å². The number of nitrogens with one attached hydrogen (secondary N) is 1. The third kappa shape index (κ3) is 4.01. The molecule has 1 atom stereocenters. The van der Waals surface area contributed by atoms with Crippen LogP contribution in [0.15, 0.2) is 53.5 Å². The Morgan fingerprint density at radius 2 is 1.86 bits per heavy atom. The summed E-state index contributed by atoms with van der Waals surface area (Å²) in [5.41, 5.74) is 0.850. The predicted octanol–water partition coefficient (Wildman–Crippen LogP) is 2.70. The largest absolute Gasteiger partial charge is 0.497 e. The number of carbonyl (C=O) groups is 3. The van der Waals surface area contributed by atoms with E-state index in [0.29, 0.717) is 29.5 Å². The van der Waals surface area contributed by atoms with Crippen LogP contribution in [0.1, 0.15) is 6.92 Å². The van der Waals surface area contributed by atoms with E-state index in [0.717, 1.165) is 4.90 Å². The zero-order valence-electron chi connectivity index (χ0n) is 15.4. The van der Waals surface area contributed by atoms with Crippen molar-refractivity contribution >= 4 is 35.4 Å². The lowest BCUT2D eigenvalue weighted by Gasteiger charge is -2.28. The molecule has 1 aliphatic rings. The molecule has 1 heterocycles. The standard InChI is InChI=1S/C20H19N3O5/c1-3-28-15-9-7-13(8-10-15)21-12-17-18(24)22-20(26)23(19(17)25)14-5-4-6-16(11-14)27-2/h4-12,17H,3H2,1-2H3,(H,22,24,26)/t17-/m1/s1. The first-order chi connectivity index (χ1) is 13.5. The van der Waals surface area contributed by atoms with E-state index in [1.807, 2.05) is 6.92 Å². The van der Waals surface area contributed by atoms with Gasteiger partial charge >= 0.3 is 6.03 Å². The van der Waals surface area contributed by atoms with Gasteiger partial charge in [0.15, 0.2) is 5.92 Å². The molecule has 1 fully saturated rings. The Hall–Kier alpha value is -3.68. The van der Waals surface area contributed by atoms with Crippen molar-refractivity contribution in [2.24, 2.45) is 10.9 Å². The number of barbiturate groups is 1. The lowest BCUT2D eigenvalue weighted by atomic mass is 10.1. The zero-order chi connectivity index (χ0) is 20.1. The van der Waals surface area contributed by atoms with Crippen molar-refractivity contribution in [3.8, 4) is 11.5 Å². The number of anilines is 1. The SMILES string of the molecule is CCOc1ccc(N=C[C@@H]2C(=O)NC(=O)N(c3cccc(OC)c3)C2=O)cc1. The number of carbonyl (C=O) groups excluding carboxylic acids is 3. The van der Waals surface area contributed by atoms with Gasteiger partial charge < -0.3 is 9.47 Å². The summed E-state index contributed by atoms with van der Waals surface area (Å²) in [7, 11) is 1.48. The molecule has 0 saturated carbocycles. The molecule has 2 aromatic rings. The second-order valence-electron chi connectivity index (χ2n) is 5.85. The molecular weight excluding hydrogens is 362 g/mol. The number of methoxy groups -OCH3 is 1. The maximum atomic E-state index is 12.8. The maximum Gasteiger partial charge on any atom is 0.335 e. The van der Waals surface area contributed by atoms with Crippen molar-refractivity contribution < 1.29 is 23.9 Å². The summed E-state index contributed by atoms with van der Waals surface area (Å²) in [5, 5.41) is 2.18.